The SMILES string of the molecule is CC1=C[C@@H]([B-](F)(F)F)[C@H]2C(=O)N(c3ccccc3)C(=O)[C@H]2C1. The topological polar surface area (TPSA) is 37.4 Å². The fourth-order valence-corrected chi connectivity index (χ4v) is 3.42. The molecule has 22 heavy (non-hydrogen) atoms. The summed E-state index contributed by atoms with van der Waals surface area (Å²) in [4.78, 5) is 25.9. The van der Waals surface area contributed by atoms with Crippen molar-refractivity contribution in [1.29, 1.82) is 0 Å². The molecule has 1 heterocycles. The van der Waals surface area contributed by atoms with E-state index in [-0.39, 0.29) is 6.42 Å². The Labute approximate surface area is 125 Å². The lowest BCUT2D eigenvalue weighted by atomic mass is 9.58. The summed E-state index contributed by atoms with van der Waals surface area (Å²) in [5, 5.41) is 0. The molecule has 2 amide bonds. The predicted molar refractivity (Wildman–Crippen MR) is 77.1 cm³/mol. The molecule has 7 heteroatoms. The van der Waals surface area contributed by atoms with E-state index >= 15 is 0 Å². The minimum Gasteiger partial charge on any atom is -0.448 e. The molecule has 1 aromatic carbocycles. The smallest absolute Gasteiger partial charge is 0.448 e. The van der Waals surface area contributed by atoms with Gasteiger partial charge in [0.15, 0.2) is 0 Å². The monoisotopic (exact) mass is 308 g/mol. The van der Waals surface area contributed by atoms with Crippen LogP contribution in [0.1, 0.15) is 13.3 Å². The van der Waals surface area contributed by atoms with Gasteiger partial charge in [-0.05, 0) is 31.3 Å². The lowest BCUT2D eigenvalue weighted by Crippen LogP contribution is -2.38. The summed E-state index contributed by atoms with van der Waals surface area (Å²) in [5.74, 6) is -5.33. The number of carbonyl (C=O) groups excluding carboxylic acids is 2. The minimum atomic E-state index is -5.22. The molecule has 0 spiro atoms. The third kappa shape index (κ3) is 2.24. The number of para-hydroxylation sites is 1. The Kier molecular flexibility index (Phi) is 3.38. The highest BCUT2D eigenvalue weighted by Gasteiger charge is 2.56. The number of carbonyl (C=O) groups is 2. The number of halogens is 3. The summed E-state index contributed by atoms with van der Waals surface area (Å²) in [5.41, 5.74) is 0.847. The molecule has 2 aliphatic rings. The van der Waals surface area contributed by atoms with Crippen molar-refractivity contribution in [3.05, 3.63) is 42.0 Å². The third-order valence-electron chi connectivity index (χ3n) is 4.36. The van der Waals surface area contributed by atoms with Gasteiger partial charge in [0.05, 0.1) is 11.6 Å². The number of allylic oxidation sites excluding steroid dienone is 2. The van der Waals surface area contributed by atoms with Crippen molar-refractivity contribution in [1.82, 2.24) is 0 Å². The molecule has 116 valence electrons. The maximum atomic E-state index is 13.3. The van der Waals surface area contributed by atoms with E-state index in [0.29, 0.717) is 11.3 Å². The van der Waals surface area contributed by atoms with E-state index in [0.717, 1.165) is 11.0 Å². The normalized spacial score (nSPS) is 28.6. The van der Waals surface area contributed by atoms with Crippen molar-refractivity contribution in [2.75, 3.05) is 4.90 Å². The van der Waals surface area contributed by atoms with Crippen molar-refractivity contribution >= 4 is 24.5 Å². The molecule has 3 rings (SSSR count). The van der Waals surface area contributed by atoms with Crippen LogP contribution in [0.3, 0.4) is 0 Å². The Morgan fingerprint density at radius 2 is 1.73 bits per heavy atom. The fourth-order valence-electron chi connectivity index (χ4n) is 3.42. The fraction of sp³-hybridized carbons (Fsp3) is 0.333. The lowest BCUT2D eigenvalue weighted by Gasteiger charge is -2.34. The van der Waals surface area contributed by atoms with Crippen LogP contribution in [0, 0.1) is 11.8 Å². The van der Waals surface area contributed by atoms with Gasteiger partial charge in [0.2, 0.25) is 11.8 Å². The standard InChI is InChI=1S/C15H14BF3NO2/c1-9-7-11-13(12(8-9)16(17,18)19)15(22)20(14(11)21)10-5-3-2-4-6-10/h2-6,8,11-13H,7H2,1H3/q-1/t11-,12+,13-/m0/s1. The van der Waals surface area contributed by atoms with Gasteiger partial charge in [-0.15, -0.1) is 6.08 Å². The Morgan fingerprint density at radius 3 is 2.32 bits per heavy atom. The third-order valence-corrected chi connectivity index (χ3v) is 4.36. The highest BCUT2D eigenvalue weighted by Crippen LogP contribution is 2.49. The average Bonchev–Trinajstić information content (AvgIpc) is 2.70. The zero-order valence-corrected chi connectivity index (χ0v) is 11.9. The van der Waals surface area contributed by atoms with Gasteiger partial charge in [0.1, 0.15) is 0 Å². The summed E-state index contributed by atoms with van der Waals surface area (Å²) < 4.78 is 40.0. The summed E-state index contributed by atoms with van der Waals surface area (Å²) in [6.07, 6.45) is 1.32. The van der Waals surface area contributed by atoms with Gasteiger partial charge in [-0.25, -0.2) is 0 Å². The van der Waals surface area contributed by atoms with E-state index in [1.54, 1.807) is 37.3 Å². The molecule has 1 saturated heterocycles. The van der Waals surface area contributed by atoms with E-state index in [2.05, 4.69) is 0 Å². The summed E-state index contributed by atoms with van der Waals surface area (Å²) in [6.45, 7) is -3.64. The Hall–Kier alpha value is -2.05. The van der Waals surface area contributed by atoms with Crippen molar-refractivity contribution in [3.63, 3.8) is 0 Å². The lowest BCUT2D eigenvalue weighted by molar-refractivity contribution is -0.122. The van der Waals surface area contributed by atoms with Crippen molar-refractivity contribution in [2.24, 2.45) is 11.8 Å². The Balaban J connectivity index is 2.04. The molecule has 1 fully saturated rings. The van der Waals surface area contributed by atoms with Crippen LogP contribution in [-0.4, -0.2) is 18.8 Å². The molecule has 0 bridgehead atoms. The van der Waals surface area contributed by atoms with Crippen molar-refractivity contribution in [3.8, 4) is 0 Å². The number of hydrogen-bond acceptors (Lipinski definition) is 2. The number of rotatable bonds is 2. The van der Waals surface area contributed by atoms with Crippen LogP contribution < -0.4 is 4.90 Å². The van der Waals surface area contributed by atoms with Crippen molar-refractivity contribution in [2.45, 2.75) is 19.2 Å². The van der Waals surface area contributed by atoms with Gasteiger partial charge in [-0.2, -0.15) is 0 Å². The maximum absolute atomic E-state index is 13.3. The second-order valence-electron chi connectivity index (χ2n) is 5.90. The average molecular weight is 308 g/mol. The van der Waals surface area contributed by atoms with Crippen LogP contribution in [0.4, 0.5) is 18.6 Å². The molecular formula is C15H14BF3NO2-. The van der Waals surface area contributed by atoms with E-state index in [1.807, 2.05) is 0 Å². The molecule has 3 nitrogen and oxygen atoms in total. The van der Waals surface area contributed by atoms with Crippen LogP contribution in [0.5, 0.6) is 0 Å². The van der Waals surface area contributed by atoms with Crippen LogP contribution in [0.2, 0.25) is 5.82 Å². The van der Waals surface area contributed by atoms with Crippen LogP contribution in [0.25, 0.3) is 0 Å². The first-order chi connectivity index (χ1) is 10.3. The highest BCUT2D eigenvalue weighted by atomic mass is 19.4. The number of nitrogens with zero attached hydrogens (tertiary/aromatic N) is 1. The van der Waals surface area contributed by atoms with Gasteiger partial charge in [-0.3, -0.25) is 14.5 Å². The van der Waals surface area contributed by atoms with E-state index < -0.39 is 36.4 Å². The molecule has 3 atom stereocenters. The molecule has 1 aliphatic heterocycles. The molecule has 0 saturated carbocycles. The molecule has 1 aliphatic carbocycles. The summed E-state index contributed by atoms with van der Waals surface area (Å²) in [6, 6.07) is 8.12. The van der Waals surface area contributed by atoms with Crippen LogP contribution in [-0.2, 0) is 9.59 Å². The van der Waals surface area contributed by atoms with Crippen molar-refractivity contribution < 1.29 is 22.5 Å². The van der Waals surface area contributed by atoms with Crippen LogP contribution >= 0.6 is 0 Å². The molecule has 0 radical (unpaired) electrons. The van der Waals surface area contributed by atoms with E-state index in [4.69, 9.17) is 0 Å². The first-order valence-corrected chi connectivity index (χ1v) is 7.11. The van der Waals surface area contributed by atoms with Gasteiger partial charge < -0.3 is 12.9 Å². The van der Waals surface area contributed by atoms with E-state index in [9.17, 15) is 22.5 Å². The first-order valence-electron chi connectivity index (χ1n) is 7.11. The minimum absolute atomic E-state index is 0.210. The zero-order valence-electron chi connectivity index (χ0n) is 11.9. The summed E-state index contributed by atoms with van der Waals surface area (Å²) in [7, 11) is 0. The van der Waals surface area contributed by atoms with Gasteiger partial charge in [-0.1, -0.05) is 23.8 Å². The Bertz CT molecular complexity index is 657. The highest BCUT2D eigenvalue weighted by molar-refractivity contribution is 6.61. The second kappa shape index (κ2) is 5.00. The molecule has 0 aromatic heterocycles. The van der Waals surface area contributed by atoms with Gasteiger partial charge in [0, 0.05) is 5.92 Å². The van der Waals surface area contributed by atoms with E-state index in [1.165, 1.54) is 0 Å². The maximum Gasteiger partial charge on any atom is 0.485 e. The molecule has 0 N–H and O–H groups in total. The number of hydrogen-bond donors (Lipinski definition) is 0. The number of fused-ring (bicyclic) bond motifs is 1. The van der Waals surface area contributed by atoms with Crippen LogP contribution in [0.15, 0.2) is 42.0 Å². The number of amides is 2. The number of benzene rings is 1. The Morgan fingerprint density at radius 1 is 1.09 bits per heavy atom. The predicted octanol–water partition coefficient (Wildman–Crippen LogP) is 3.36. The summed E-state index contributed by atoms with van der Waals surface area (Å²) >= 11 is 0. The quantitative estimate of drug-likeness (QED) is 0.477. The zero-order chi connectivity index (χ0) is 16.1. The molecule has 1 aromatic rings. The molecular weight excluding hydrogens is 294 g/mol. The first kappa shape index (κ1) is 14.9. The largest absolute Gasteiger partial charge is 0.485 e. The molecule has 0 unspecified atom stereocenters. The van der Waals surface area contributed by atoms with Gasteiger partial charge >= 0.3 is 6.98 Å². The second-order valence-corrected chi connectivity index (χ2v) is 5.90. The number of anilines is 1. The number of imide groups is 1. The van der Waals surface area contributed by atoms with Gasteiger partial charge in [0.25, 0.3) is 0 Å².